The maximum absolute atomic E-state index is 5.67. The van der Waals surface area contributed by atoms with Gasteiger partial charge in [-0.3, -0.25) is 0 Å². The smallest absolute Gasteiger partial charge is 0.129 e. The standard InChI is InChI=1S/C8H9ClN2.C2H6/c1-3-6-7(10-2)4-5-8(9)11-6;1-2/h3-5,10H,1H2,2H3;1-2H3. The minimum atomic E-state index is 0.485. The van der Waals surface area contributed by atoms with Crippen molar-refractivity contribution in [2.24, 2.45) is 0 Å². The molecule has 0 unspecified atom stereocenters. The molecule has 0 spiro atoms. The number of anilines is 1. The lowest BCUT2D eigenvalue weighted by Crippen LogP contribution is -1.93. The van der Waals surface area contributed by atoms with Crippen molar-refractivity contribution < 1.29 is 0 Å². The van der Waals surface area contributed by atoms with Crippen LogP contribution in [-0.4, -0.2) is 12.0 Å². The Kier molecular flexibility index (Phi) is 5.98. The quantitative estimate of drug-likeness (QED) is 0.737. The number of pyridine rings is 1. The molecular weight excluding hydrogens is 184 g/mol. The van der Waals surface area contributed by atoms with Gasteiger partial charge in [0.05, 0.1) is 11.4 Å². The lowest BCUT2D eigenvalue weighted by Gasteiger charge is -2.03. The molecule has 0 aromatic carbocycles. The van der Waals surface area contributed by atoms with Crippen molar-refractivity contribution in [2.75, 3.05) is 12.4 Å². The summed E-state index contributed by atoms with van der Waals surface area (Å²) in [4.78, 5) is 4.05. The van der Waals surface area contributed by atoms with Crippen LogP contribution in [-0.2, 0) is 0 Å². The SMILES string of the molecule is C=Cc1nc(Cl)ccc1NC.CC. The van der Waals surface area contributed by atoms with Crippen LogP contribution in [0, 0.1) is 0 Å². The zero-order chi connectivity index (χ0) is 10.3. The number of aromatic nitrogens is 1. The first-order chi connectivity index (χ1) is 6.27. The third kappa shape index (κ3) is 3.47. The zero-order valence-corrected chi connectivity index (χ0v) is 9.02. The van der Waals surface area contributed by atoms with Crippen molar-refractivity contribution in [2.45, 2.75) is 13.8 Å². The predicted molar refractivity (Wildman–Crippen MR) is 60.2 cm³/mol. The molecule has 0 atom stereocenters. The summed E-state index contributed by atoms with van der Waals surface area (Å²) >= 11 is 5.67. The Bertz CT molecular complexity index is 272. The summed E-state index contributed by atoms with van der Waals surface area (Å²) in [6, 6.07) is 3.60. The molecule has 2 nitrogen and oxygen atoms in total. The molecule has 13 heavy (non-hydrogen) atoms. The molecule has 0 fully saturated rings. The van der Waals surface area contributed by atoms with E-state index in [0.29, 0.717) is 5.15 Å². The Hall–Kier alpha value is -1.02. The van der Waals surface area contributed by atoms with Crippen LogP contribution in [0.2, 0.25) is 5.15 Å². The Morgan fingerprint density at radius 3 is 2.54 bits per heavy atom. The molecule has 1 N–H and O–H groups in total. The summed E-state index contributed by atoms with van der Waals surface area (Å²) in [5, 5.41) is 3.47. The van der Waals surface area contributed by atoms with Gasteiger partial charge in [0.25, 0.3) is 0 Å². The molecule has 1 heterocycles. The number of nitrogens with one attached hydrogen (secondary N) is 1. The highest BCUT2D eigenvalue weighted by Gasteiger charge is 1.97. The van der Waals surface area contributed by atoms with E-state index >= 15 is 0 Å². The van der Waals surface area contributed by atoms with Crippen LogP contribution < -0.4 is 5.32 Å². The molecule has 72 valence electrons. The summed E-state index contributed by atoms with van der Waals surface area (Å²) in [6.07, 6.45) is 1.66. The zero-order valence-electron chi connectivity index (χ0n) is 8.26. The van der Waals surface area contributed by atoms with Crippen LogP contribution in [0.15, 0.2) is 18.7 Å². The fraction of sp³-hybridized carbons (Fsp3) is 0.300. The lowest BCUT2D eigenvalue weighted by molar-refractivity contribution is 1.28. The normalized spacial score (nSPS) is 8.31. The molecular formula is C10H15ClN2. The summed E-state index contributed by atoms with van der Waals surface area (Å²) in [5.41, 5.74) is 1.71. The minimum absolute atomic E-state index is 0.485. The molecule has 0 bridgehead atoms. The van der Waals surface area contributed by atoms with Crippen molar-refractivity contribution in [1.29, 1.82) is 0 Å². The monoisotopic (exact) mass is 198 g/mol. The number of nitrogens with zero attached hydrogens (tertiary/aromatic N) is 1. The van der Waals surface area contributed by atoms with Gasteiger partial charge in [0.15, 0.2) is 0 Å². The van der Waals surface area contributed by atoms with Crippen LogP contribution in [0.3, 0.4) is 0 Å². The van der Waals surface area contributed by atoms with Crippen molar-refractivity contribution in [3.8, 4) is 0 Å². The van der Waals surface area contributed by atoms with E-state index in [1.165, 1.54) is 0 Å². The second-order valence-corrected chi connectivity index (χ2v) is 2.41. The molecule has 1 rings (SSSR count). The van der Waals surface area contributed by atoms with E-state index in [9.17, 15) is 0 Å². The van der Waals surface area contributed by atoms with Crippen molar-refractivity contribution in [1.82, 2.24) is 4.98 Å². The predicted octanol–water partition coefficient (Wildman–Crippen LogP) is 3.45. The Balaban J connectivity index is 0.000000671. The van der Waals surface area contributed by atoms with E-state index in [0.717, 1.165) is 11.4 Å². The van der Waals surface area contributed by atoms with E-state index in [1.807, 2.05) is 27.0 Å². The Morgan fingerprint density at radius 2 is 2.08 bits per heavy atom. The fourth-order valence-electron chi connectivity index (χ4n) is 0.817. The summed E-state index contributed by atoms with van der Waals surface area (Å²) in [6.45, 7) is 7.62. The summed E-state index contributed by atoms with van der Waals surface area (Å²) < 4.78 is 0. The minimum Gasteiger partial charge on any atom is -0.386 e. The van der Waals surface area contributed by atoms with Crippen LogP contribution in [0.4, 0.5) is 5.69 Å². The van der Waals surface area contributed by atoms with Gasteiger partial charge in [-0.25, -0.2) is 4.98 Å². The van der Waals surface area contributed by atoms with Crippen LogP contribution in [0.25, 0.3) is 6.08 Å². The van der Waals surface area contributed by atoms with Gasteiger partial charge in [0.1, 0.15) is 5.15 Å². The molecule has 3 heteroatoms. The molecule has 0 radical (unpaired) electrons. The third-order valence-electron chi connectivity index (χ3n) is 1.35. The van der Waals surface area contributed by atoms with E-state index < -0.39 is 0 Å². The van der Waals surface area contributed by atoms with E-state index in [-0.39, 0.29) is 0 Å². The second kappa shape index (κ2) is 6.49. The van der Waals surface area contributed by atoms with Gasteiger partial charge >= 0.3 is 0 Å². The first kappa shape index (κ1) is 12.0. The largest absolute Gasteiger partial charge is 0.386 e. The molecule has 0 aliphatic carbocycles. The van der Waals surface area contributed by atoms with E-state index in [2.05, 4.69) is 16.9 Å². The molecule has 0 saturated heterocycles. The molecule has 0 aliphatic heterocycles. The fourth-order valence-corrected chi connectivity index (χ4v) is 0.971. The molecule has 0 amide bonds. The highest BCUT2D eigenvalue weighted by Crippen LogP contribution is 2.16. The average Bonchev–Trinajstić information content (AvgIpc) is 2.20. The van der Waals surface area contributed by atoms with E-state index in [4.69, 9.17) is 11.6 Å². The molecule has 0 saturated carbocycles. The van der Waals surface area contributed by atoms with Gasteiger partial charge in [-0.2, -0.15) is 0 Å². The van der Waals surface area contributed by atoms with Gasteiger partial charge in [-0.05, 0) is 18.2 Å². The van der Waals surface area contributed by atoms with Crippen molar-refractivity contribution >= 4 is 23.4 Å². The highest BCUT2D eigenvalue weighted by atomic mass is 35.5. The van der Waals surface area contributed by atoms with Crippen LogP contribution >= 0.6 is 11.6 Å². The number of halogens is 1. The van der Waals surface area contributed by atoms with Gasteiger partial charge < -0.3 is 5.32 Å². The number of hydrogen-bond acceptors (Lipinski definition) is 2. The molecule has 1 aromatic rings. The van der Waals surface area contributed by atoms with Crippen LogP contribution in [0.5, 0.6) is 0 Å². The van der Waals surface area contributed by atoms with Gasteiger partial charge in [0.2, 0.25) is 0 Å². The van der Waals surface area contributed by atoms with Crippen LogP contribution in [0.1, 0.15) is 19.5 Å². The van der Waals surface area contributed by atoms with E-state index in [1.54, 1.807) is 12.1 Å². The van der Waals surface area contributed by atoms with Gasteiger partial charge in [0, 0.05) is 7.05 Å². The molecule has 1 aromatic heterocycles. The van der Waals surface area contributed by atoms with Crippen molar-refractivity contribution in [3.05, 3.63) is 29.6 Å². The number of rotatable bonds is 2. The Labute approximate surface area is 84.6 Å². The van der Waals surface area contributed by atoms with Gasteiger partial charge in [-0.15, -0.1) is 0 Å². The average molecular weight is 199 g/mol. The molecule has 0 aliphatic rings. The topological polar surface area (TPSA) is 24.9 Å². The third-order valence-corrected chi connectivity index (χ3v) is 1.56. The summed E-state index contributed by atoms with van der Waals surface area (Å²) in [7, 11) is 1.83. The highest BCUT2D eigenvalue weighted by molar-refractivity contribution is 6.29. The maximum Gasteiger partial charge on any atom is 0.129 e. The van der Waals surface area contributed by atoms with Crippen molar-refractivity contribution in [3.63, 3.8) is 0 Å². The Morgan fingerprint density at radius 1 is 1.46 bits per heavy atom. The lowest BCUT2D eigenvalue weighted by atomic mass is 10.3. The maximum atomic E-state index is 5.67. The van der Waals surface area contributed by atoms with Gasteiger partial charge in [-0.1, -0.05) is 32.0 Å². The summed E-state index contributed by atoms with van der Waals surface area (Å²) in [5.74, 6) is 0. The first-order valence-corrected chi connectivity index (χ1v) is 4.62. The second-order valence-electron chi connectivity index (χ2n) is 2.02. The first-order valence-electron chi connectivity index (χ1n) is 4.24. The number of hydrogen-bond donors (Lipinski definition) is 1.